The van der Waals surface area contributed by atoms with Gasteiger partial charge in [-0.2, -0.15) is 0 Å². The second-order valence-electron chi connectivity index (χ2n) is 7.32. The molecule has 0 bridgehead atoms. The number of nitrogens with one attached hydrogen (secondary N) is 1. The van der Waals surface area contributed by atoms with Crippen molar-refractivity contribution in [2.24, 2.45) is 0 Å². The van der Waals surface area contributed by atoms with Crippen LogP contribution in [0.15, 0.2) is 76.5 Å². The Labute approximate surface area is 190 Å². The van der Waals surface area contributed by atoms with Crippen molar-refractivity contribution in [3.63, 3.8) is 0 Å². The molecule has 4 rings (SSSR count). The second kappa shape index (κ2) is 9.74. The molecule has 0 spiro atoms. The summed E-state index contributed by atoms with van der Waals surface area (Å²) >= 11 is 1.35. The Kier molecular flexibility index (Phi) is 6.61. The molecule has 0 aliphatic rings. The number of ether oxygens (including phenoxy) is 1. The Morgan fingerprint density at radius 3 is 2.75 bits per heavy atom. The van der Waals surface area contributed by atoms with E-state index in [9.17, 15) is 4.79 Å². The molecule has 1 amide bonds. The largest absolute Gasteiger partial charge is 0.497 e. The lowest BCUT2D eigenvalue weighted by Crippen LogP contribution is -2.23. The van der Waals surface area contributed by atoms with Crippen LogP contribution in [0.3, 0.4) is 0 Å². The molecule has 0 fully saturated rings. The summed E-state index contributed by atoms with van der Waals surface area (Å²) in [7, 11) is 1.63. The van der Waals surface area contributed by atoms with Gasteiger partial charge in [0.05, 0.1) is 25.2 Å². The number of carbonyl (C=O) groups is 1. The number of hydrogen-bond donors (Lipinski definition) is 1. The van der Waals surface area contributed by atoms with E-state index in [0.29, 0.717) is 17.5 Å². The van der Waals surface area contributed by atoms with Crippen molar-refractivity contribution in [2.45, 2.75) is 30.8 Å². The molecule has 0 saturated carbocycles. The molecule has 2 heterocycles. The average molecular weight is 449 g/mol. The van der Waals surface area contributed by atoms with Crippen LogP contribution in [-0.4, -0.2) is 33.0 Å². The maximum atomic E-state index is 12.8. The smallest absolute Gasteiger partial charge is 0.237 e. The molecule has 7 nitrogen and oxygen atoms in total. The van der Waals surface area contributed by atoms with Gasteiger partial charge in [0, 0.05) is 11.3 Å². The molecule has 2 aromatic heterocycles. The highest BCUT2D eigenvalue weighted by Gasteiger charge is 2.22. The number of nitrogens with zero attached hydrogens (tertiary/aromatic N) is 3. The number of furan rings is 1. The van der Waals surface area contributed by atoms with Gasteiger partial charge >= 0.3 is 0 Å². The highest BCUT2D eigenvalue weighted by molar-refractivity contribution is 8.00. The maximum Gasteiger partial charge on any atom is 0.237 e. The summed E-state index contributed by atoms with van der Waals surface area (Å²) in [5.41, 5.74) is 2.73. The number of hydrogen-bond acceptors (Lipinski definition) is 6. The second-order valence-corrected chi connectivity index (χ2v) is 8.63. The third-order valence-electron chi connectivity index (χ3n) is 4.88. The normalized spacial score (nSPS) is 11.8. The van der Waals surface area contributed by atoms with Crippen molar-refractivity contribution in [3.8, 4) is 17.1 Å². The van der Waals surface area contributed by atoms with Crippen molar-refractivity contribution in [3.05, 3.63) is 78.3 Å². The summed E-state index contributed by atoms with van der Waals surface area (Å²) in [6, 6.07) is 19.1. The van der Waals surface area contributed by atoms with E-state index in [1.807, 2.05) is 79.1 Å². The minimum Gasteiger partial charge on any atom is -0.497 e. The van der Waals surface area contributed by atoms with Crippen molar-refractivity contribution < 1.29 is 13.9 Å². The number of aryl methyl sites for hydroxylation is 1. The average Bonchev–Trinajstić information content (AvgIpc) is 3.44. The first-order valence-electron chi connectivity index (χ1n) is 10.2. The summed E-state index contributed by atoms with van der Waals surface area (Å²) in [6.45, 7) is 4.29. The molecular formula is C24H24N4O3S. The van der Waals surface area contributed by atoms with Gasteiger partial charge < -0.3 is 14.5 Å². The van der Waals surface area contributed by atoms with Gasteiger partial charge in [-0.3, -0.25) is 9.36 Å². The number of amides is 1. The number of thioether (sulfide) groups is 1. The van der Waals surface area contributed by atoms with Gasteiger partial charge in [0.2, 0.25) is 5.91 Å². The topological polar surface area (TPSA) is 82.2 Å². The van der Waals surface area contributed by atoms with Crippen molar-refractivity contribution in [1.82, 2.24) is 14.8 Å². The fourth-order valence-corrected chi connectivity index (χ4v) is 4.08. The SMILES string of the molecule is COc1cccc(-c2nnc(SC(C)C(=O)Nc3cccc(C)c3)n2Cc2ccco2)c1. The van der Waals surface area contributed by atoms with E-state index < -0.39 is 0 Å². The number of aromatic nitrogens is 3. The number of benzene rings is 2. The number of rotatable bonds is 8. The van der Waals surface area contributed by atoms with Gasteiger partial charge in [0.25, 0.3) is 0 Å². The van der Waals surface area contributed by atoms with Crippen LogP contribution < -0.4 is 10.1 Å². The van der Waals surface area contributed by atoms with Gasteiger partial charge in [-0.15, -0.1) is 10.2 Å². The first-order chi connectivity index (χ1) is 15.5. The third kappa shape index (κ3) is 5.03. The fraction of sp³-hybridized carbons (Fsp3) is 0.208. The summed E-state index contributed by atoms with van der Waals surface area (Å²) < 4.78 is 12.9. The van der Waals surface area contributed by atoms with Gasteiger partial charge in [-0.1, -0.05) is 36.0 Å². The van der Waals surface area contributed by atoms with Crippen LogP contribution in [0.4, 0.5) is 5.69 Å². The summed E-state index contributed by atoms with van der Waals surface area (Å²) in [4.78, 5) is 12.8. The lowest BCUT2D eigenvalue weighted by Gasteiger charge is -2.14. The zero-order chi connectivity index (χ0) is 22.5. The third-order valence-corrected chi connectivity index (χ3v) is 5.96. The highest BCUT2D eigenvalue weighted by atomic mass is 32.2. The van der Waals surface area contributed by atoms with Gasteiger partial charge in [-0.25, -0.2) is 0 Å². The zero-order valence-electron chi connectivity index (χ0n) is 18.1. The Bertz CT molecular complexity index is 1200. The Balaban J connectivity index is 1.59. The van der Waals surface area contributed by atoms with Crippen LogP contribution in [0, 0.1) is 6.92 Å². The van der Waals surface area contributed by atoms with Crippen molar-refractivity contribution in [2.75, 3.05) is 12.4 Å². The Hall–Kier alpha value is -3.52. The minimum absolute atomic E-state index is 0.101. The molecule has 32 heavy (non-hydrogen) atoms. The molecule has 0 saturated heterocycles. The minimum atomic E-state index is -0.381. The maximum absolute atomic E-state index is 12.8. The molecule has 8 heteroatoms. The van der Waals surface area contributed by atoms with Crippen LogP contribution in [0.1, 0.15) is 18.2 Å². The van der Waals surface area contributed by atoms with E-state index in [1.165, 1.54) is 11.8 Å². The molecule has 1 atom stereocenters. The van der Waals surface area contributed by atoms with Crippen LogP contribution >= 0.6 is 11.8 Å². The predicted octanol–water partition coefficient (Wildman–Crippen LogP) is 5.02. The number of methoxy groups -OCH3 is 1. The highest BCUT2D eigenvalue weighted by Crippen LogP contribution is 2.30. The first-order valence-corrected chi connectivity index (χ1v) is 11.1. The molecule has 1 N–H and O–H groups in total. The monoisotopic (exact) mass is 448 g/mol. The molecule has 1 unspecified atom stereocenters. The van der Waals surface area contributed by atoms with Crippen LogP contribution in [0.2, 0.25) is 0 Å². The summed E-state index contributed by atoms with van der Waals surface area (Å²) in [5, 5.41) is 12.0. The molecule has 0 aliphatic heterocycles. The lowest BCUT2D eigenvalue weighted by molar-refractivity contribution is -0.115. The summed E-state index contributed by atoms with van der Waals surface area (Å²) in [5.74, 6) is 2.08. The Morgan fingerprint density at radius 2 is 2.00 bits per heavy atom. The van der Waals surface area contributed by atoms with Gasteiger partial charge in [0.1, 0.15) is 11.5 Å². The molecular weight excluding hydrogens is 424 g/mol. The van der Waals surface area contributed by atoms with E-state index in [-0.39, 0.29) is 11.2 Å². The van der Waals surface area contributed by atoms with E-state index >= 15 is 0 Å². The van der Waals surface area contributed by atoms with E-state index in [0.717, 1.165) is 28.3 Å². The number of anilines is 1. The van der Waals surface area contributed by atoms with E-state index in [2.05, 4.69) is 15.5 Å². The van der Waals surface area contributed by atoms with Crippen LogP contribution in [0.25, 0.3) is 11.4 Å². The molecule has 2 aromatic carbocycles. The zero-order valence-corrected chi connectivity index (χ0v) is 18.9. The molecule has 0 radical (unpaired) electrons. The van der Waals surface area contributed by atoms with Crippen LogP contribution in [0.5, 0.6) is 5.75 Å². The fourth-order valence-electron chi connectivity index (χ4n) is 3.23. The molecule has 4 aromatic rings. The standard InChI is InChI=1S/C24H24N4O3S/c1-16-7-4-9-19(13-16)25-23(29)17(2)32-24-27-26-22(18-8-5-10-20(14-18)30-3)28(24)15-21-11-6-12-31-21/h4-14,17H,15H2,1-3H3,(H,25,29). The quantitative estimate of drug-likeness (QED) is 0.381. The van der Waals surface area contributed by atoms with Crippen LogP contribution in [-0.2, 0) is 11.3 Å². The van der Waals surface area contributed by atoms with Gasteiger partial charge in [0.15, 0.2) is 11.0 Å². The number of carbonyl (C=O) groups excluding carboxylic acids is 1. The van der Waals surface area contributed by atoms with Crippen molar-refractivity contribution in [1.29, 1.82) is 0 Å². The van der Waals surface area contributed by atoms with Crippen molar-refractivity contribution >= 4 is 23.4 Å². The van der Waals surface area contributed by atoms with E-state index in [1.54, 1.807) is 13.4 Å². The van der Waals surface area contributed by atoms with Gasteiger partial charge in [-0.05, 0) is 55.8 Å². The first kappa shape index (κ1) is 21.7. The Morgan fingerprint density at radius 1 is 1.16 bits per heavy atom. The molecule has 164 valence electrons. The lowest BCUT2D eigenvalue weighted by atomic mass is 10.2. The molecule has 0 aliphatic carbocycles. The predicted molar refractivity (Wildman–Crippen MR) is 125 cm³/mol. The van der Waals surface area contributed by atoms with E-state index in [4.69, 9.17) is 9.15 Å². The summed E-state index contributed by atoms with van der Waals surface area (Å²) in [6.07, 6.45) is 1.63.